The van der Waals surface area contributed by atoms with Gasteiger partial charge in [0.25, 0.3) is 5.56 Å². The van der Waals surface area contributed by atoms with E-state index in [4.69, 9.17) is 9.84 Å². The Balaban J connectivity index is 2.47. The third-order valence-electron chi connectivity index (χ3n) is 2.80. The average molecular weight is 253 g/mol. The molecular formula is C14H23NO3. The molecule has 0 aliphatic heterocycles. The van der Waals surface area contributed by atoms with Crippen LogP contribution in [0.5, 0.6) is 5.75 Å². The molecule has 0 amide bonds. The summed E-state index contributed by atoms with van der Waals surface area (Å²) in [4.78, 5) is 12.0. The van der Waals surface area contributed by atoms with E-state index < -0.39 is 0 Å². The van der Waals surface area contributed by atoms with Gasteiger partial charge in [-0.15, -0.1) is 0 Å². The minimum Gasteiger partial charge on any atom is -0.488 e. The number of rotatable bonds is 9. The molecule has 0 radical (unpaired) electrons. The van der Waals surface area contributed by atoms with Gasteiger partial charge in [-0.05, 0) is 25.0 Å². The van der Waals surface area contributed by atoms with E-state index in [1.54, 1.807) is 22.9 Å². The highest BCUT2D eigenvalue weighted by atomic mass is 16.5. The number of pyridine rings is 1. The molecule has 0 fully saturated rings. The lowest BCUT2D eigenvalue weighted by atomic mass is 10.2. The summed E-state index contributed by atoms with van der Waals surface area (Å²) in [5.41, 5.74) is -0.110. The van der Waals surface area contributed by atoms with Crippen LogP contribution in [-0.2, 0) is 6.54 Å². The number of ether oxygens (including phenoxy) is 1. The average Bonchev–Trinajstić information content (AvgIpc) is 2.39. The summed E-state index contributed by atoms with van der Waals surface area (Å²) in [5, 5.41) is 8.76. The van der Waals surface area contributed by atoms with Crippen LogP contribution < -0.4 is 10.3 Å². The van der Waals surface area contributed by atoms with Crippen LogP contribution >= 0.6 is 0 Å². The smallest absolute Gasteiger partial charge is 0.292 e. The molecule has 1 aromatic heterocycles. The van der Waals surface area contributed by atoms with Crippen LogP contribution in [0.3, 0.4) is 0 Å². The van der Waals surface area contributed by atoms with Crippen LogP contribution in [0.4, 0.5) is 0 Å². The van der Waals surface area contributed by atoms with Crippen molar-refractivity contribution in [2.24, 2.45) is 0 Å². The van der Waals surface area contributed by atoms with E-state index in [9.17, 15) is 4.79 Å². The maximum absolute atomic E-state index is 12.0. The SMILES string of the molecule is CCCCCCOc1cccn(CCCO)c1=O. The van der Waals surface area contributed by atoms with Crippen molar-refractivity contribution in [3.8, 4) is 5.75 Å². The predicted octanol–water partition coefficient (Wildman–Crippen LogP) is 2.19. The lowest BCUT2D eigenvalue weighted by Crippen LogP contribution is -2.22. The first kappa shape index (κ1) is 14.8. The largest absolute Gasteiger partial charge is 0.488 e. The van der Waals surface area contributed by atoms with Gasteiger partial charge < -0.3 is 14.4 Å². The molecule has 1 N–H and O–H groups in total. The van der Waals surface area contributed by atoms with Crippen molar-refractivity contribution >= 4 is 0 Å². The number of unbranched alkanes of at least 4 members (excludes halogenated alkanes) is 3. The van der Waals surface area contributed by atoms with Crippen molar-refractivity contribution in [3.05, 3.63) is 28.7 Å². The molecule has 0 aromatic carbocycles. The zero-order valence-corrected chi connectivity index (χ0v) is 11.1. The Kier molecular flexibility index (Phi) is 7.18. The molecule has 102 valence electrons. The number of nitrogens with zero attached hydrogens (tertiary/aromatic N) is 1. The van der Waals surface area contributed by atoms with Crippen LogP contribution in [0.2, 0.25) is 0 Å². The Morgan fingerprint density at radius 2 is 2.11 bits per heavy atom. The van der Waals surface area contributed by atoms with Gasteiger partial charge in [-0.25, -0.2) is 0 Å². The summed E-state index contributed by atoms with van der Waals surface area (Å²) >= 11 is 0. The standard InChI is InChI=1S/C14H23NO3/c1-2-3-4-5-12-18-13-8-6-9-15(14(13)17)10-7-11-16/h6,8-9,16H,2-5,7,10-12H2,1H3. The predicted molar refractivity (Wildman–Crippen MR) is 72.0 cm³/mol. The second kappa shape index (κ2) is 8.75. The van der Waals surface area contributed by atoms with E-state index in [2.05, 4.69) is 6.92 Å². The third-order valence-corrected chi connectivity index (χ3v) is 2.80. The van der Waals surface area contributed by atoms with Crippen LogP contribution in [0, 0.1) is 0 Å². The molecule has 0 saturated heterocycles. The second-order valence-corrected chi connectivity index (χ2v) is 4.36. The molecule has 1 aromatic rings. The Labute approximate surface area is 108 Å². The van der Waals surface area contributed by atoms with Crippen LogP contribution in [0.25, 0.3) is 0 Å². The lowest BCUT2D eigenvalue weighted by molar-refractivity contribution is 0.275. The van der Waals surface area contributed by atoms with Gasteiger partial charge in [0, 0.05) is 19.3 Å². The van der Waals surface area contributed by atoms with Gasteiger partial charge >= 0.3 is 0 Å². The van der Waals surface area contributed by atoms with E-state index in [1.807, 2.05) is 0 Å². The van der Waals surface area contributed by atoms with E-state index in [0.717, 1.165) is 12.8 Å². The van der Waals surface area contributed by atoms with E-state index in [1.165, 1.54) is 12.8 Å². The zero-order chi connectivity index (χ0) is 13.2. The molecule has 1 heterocycles. The number of aliphatic hydroxyl groups is 1. The summed E-state index contributed by atoms with van der Waals surface area (Å²) in [7, 11) is 0. The molecule has 0 spiro atoms. The molecule has 0 unspecified atom stereocenters. The molecule has 4 heteroatoms. The Morgan fingerprint density at radius 1 is 1.28 bits per heavy atom. The van der Waals surface area contributed by atoms with Gasteiger partial charge in [-0.2, -0.15) is 0 Å². The minimum absolute atomic E-state index is 0.0918. The van der Waals surface area contributed by atoms with Crippen LogP contribution in [0.15, 0.2) is 23.1 Å². The number of aryl methyl sites for hydroxylation is 1. The molecular weight excluding hydrogens is 230 g/mol. The summed E-state index contributed by atoms with van der Waals surface area (Å²) in [6.07, 6.45) is 6.83. The normalized spacial score (nSPS) is 10.6. The molecule has 0 bridgehead atoms. The monoisotopic (exact) mass is 253 g/mol. The molecule has 0 saturated carbocycles. The van der Waals surface area contributed by atoms with Crippen molar-refractivity contribution in [2.45, 2.75) is 45.6 Å². The Bertz CT molecular complexity index is 387. The first-order valence-corrected chi connectivity index (χ1v) is 6.72. The molecule has 0 atom stereocenters. The number of aliphatic hydroxyl groups excluding tert-OH is 1. The highest BCUT2D eigenvalue weighted by molar-refractivity contribution is 5.17. The second-order valence-electron chi connectivity index (χ2n) is 4.36. The summed E-state index contributed by atoms with van der Waals surface area (Å²) < 4.78 is 7.09. The first-order chi connectivity index (χ1) is 8.79. The van der Waals surface area contributed by atoms with Gasteiger partial charge in [0.2, 0.25) is 0 Å². The van der Waals surface area contributed by atoms with E-state index >= 15 is 0 Å². The van der Waals surface area contributed by atoms with E-state index in [0.29, 0.717) is 25.3 Å². The maximum Gasteiger partial charge on any atom is 0.292 e. The summed E-state index contributed by atoms with van der Waals surface area (Å²) in [5.74, 6) is 0.409. The van der Waals surface area contributed by atoms with E-state index in [-0.39, 0.29) is 12.2 Å². The number of hydrogen-bond donors (Lipinski definition) is 1. The molecule has 0 aliphatic rings. The highest BCUT2D eigenvalue weighted by Crippen LogP contribution is 2.05. The molecule has 1 rings (SSSR count). The minimum atomic E-state index is -0.110. The van der Waals surface area contributed by atoms with Crippen molar-refractivity contribution in [2.75, 3.05) is 13.2 Å². The fourth-order valence-corrected chi connectivity index (χ4v) is 1.75. The fraction of sp³-hybridized carbons (Fsp3) is 0.643. The first-order valence-electron chi connectivity index (χ1n) is 6.72. The Morgan fingerprint density at radius 3 is 2.83 bits per heavy atom. The zero-order valence-electron chi connectivity index (χ0n) is 11.1. The van der Waals surface area contributed by atoms with Crippen molar-refractivity contribution < 1.29 is 9.84 Å². The van der Waals surface area contributed by atoms with Crippen LogP contribution in [0.1, 0.15) is 39.0 Å². The quantitative estimate of drug-likeness (QED) is 0.686. The highest BCUT2D eigenvalue weighted by Gasteiger charge is 2.03. The van der Waals surface area contributed by atoms with Gasteiger partial charge in [-0.3, -0.25) is 4.79 Å². The summed E-state index contributed by atoms with van der Waals surface area (Å²) in [6.45, 7) is 3.38. The Hall–Kier alpha value is -1.29. The lowest BCUT2D eigenvalue weighted by Gasteiger charge is -2.08. The topological polar surface area (TPSA) is 51.5 Å². The van der Waals surface area contributed by atoms with Gasteiger partial charge in [-0.1, -0.05) is 26.2 Å². The number of aromatic nitrogens is 1. The fourth-order valence-electron chi connectivity index (χ4n) is 1.75. The maximum atomic E-state index is 12.0. The van der Waals surface area contributed by atoms with Gasteiger partial charge in [0.05, 0.1) is 6.61 Å². The third kappa shape index (κ3) is 4.92. The van der Waals surface area contributed by atoms with Crippen molar-refractivity contribution in [1.29, 1.82) is 0 Å². The molecule has 0 aliphatic carbocycles. The van der Waals surface area contributed by atoms with Gasteiger partial charge in [0.15, 0.2) is 5.75 Å². The van der Waals surface area contributed by atoms with Gasteiger partial charge in [0.1, 0.15) is 0 Å². The summed E-state index contributed by atoms with van der Waals surface area (Å²) in [6, 6.07) is 3.51. The van der Waals surface area contributed by atoms with Crippen molar-refractivity contribution in [3.63, 3.8) is 0 Å². The van der Waals surface area contributed by atoms with Crippen LogP contribution in [-0.4, -0.2) is 22.9 Å². The molecule has 4 nitrogen and oxygen atoms in total. The number of hydrogen-bond acceptors (Lipinski definition) is 3. The van der Waals surface area contributed by atoms with Crippen molar-refractivity contribution in [1.82, 2.24) is 4.57 Å². The molecule has 18 heavy (non-hydrogen) atoms.